The van der Waals surface area contributed by atoms with Crippen molar-refractivity contribution in [3.63, 3.8) is 0 Å². The second-order valence-electron chi connectivity index (χ2n) is 6.50. The van der Waals surface area contributed by atoms with E-state index in [1.54, 1.807) is 24.0 Å². The van der Waals surface area contributed by atoms with Crippen LogP contribution in [-0.4, -0.2) is 61.6 Å². The molecule has 3 amide bonds. The van der Waals surface area contributed by atoms with Crippen molar-refractivity contribution in [2.75, 3.05) is 32.9 Å². The first-order valence-electron chi connectivity index (χ1n) is 9.18. The molecule has 0 atom stereocenters. The molecular formula is C19H26N4O5. The monoisotopic (exact) mass is 390 g/mol. The number of carbonyl (C=O) groups excluding carboxylic acids is 3. The summed E-state index contributed by atoms with van der Waals surface area (Å²) < 4.78 is 10.2. The number of urea groups is 1. The van der Waals surface area contributed by atoms with E-state index in [0.717, 1.165) is 12.8 Å². The molecule has 0 aliphatic carbocycles. The molecule has 0 bridgehead atoms. The van der Waals surface area contributed by atoms with Crippen LogP contribution >= 0.6 is 0 Å². The van der Waals surface area contributed by atoms with Crippen LogP contribution in [0, 0.1) is 11.3 Å². The van der Waals surface area contributed by atoms with E-state index in [9.17, 15) is 14.4 Å². The Bertz CT molecular complexity index is 712. The summed E-state index contributed by atoms with van der Waals surface area (Å²) in [5.41, 5.74) is 6.21. The van der Waals surface area contributed by atoms with Crippen LogP contribution in [0.5, 0.6) is 0 Å². The number of hydrogen-bond donors (Lipinski definition) is 3. The molecule has 4 N–H and O–H groups in total. The highest BCUT2D eigenvalue weighted by atomic mass is 16.6. The Hall–Kier alpha value is -2.94. The third-order valence-electron chi connectivity index (χ3n) is 4.46. The van der Waals surface area contributed by atoms with Crippen LogP contribution in [0.2, 0.25) is 0 Å². The summed E-state index contributed by atoms with van der Waals surface area (Å²) in [5.74, 6) is -0.709. The average molecular weight is 390 g/mol. The van der Waals surface area contributed by atoms with Gasteiger partial charge in [0.2, 0.25) is 0 Å². The summed E-state index contributed by atoms with van der Waals surface area (Å²) >= 11 is 0. The van der Waals surface area contributed by atoms with Gasteiger partial charge in [-0.1, -0.05) is 12.1 Å². The number of nitrogen functional groups attached to an aromatic ring is 1. The minimum absolute atomic E-state index is 0.0640. The molecule has 1 saturated heterocycles. The molecule has 1 aromatic carbocycles. The number of nitrogens with two attached hydrogens (primary N) is 1. The van der Waals surface area contributed by atoms with Crippen molar-refractivity contribution in [2.45, 2.75) is 19.8 Å². The lowest BCUT2D eigenvalue weighted by Crippen LogP contribution is -2.46. The molecule has 2 rings (SSSR count). The fourth-order valence-electron chi connectivity index (χ4n) is 2.86. The first-order valence-corrected chi connectivity index (χ1v) is 9.18. The summed E-state index contributed by atoms with van der Waals surface area (Å²) in [5, 5.41) is 9.72. The molecule has 28 heavy (non-hydrogen) atoms. The summed E-state index contributed by atoms with van der Waals surface area (Å²) in [4.78, 5) is 37.3. The summed E-state index contributed by atoms with van der Waals surface area (Å²) in [6.07, 6.45) is 1.47. The van der Waals surface area contributed by atoms with Gasteiger partial charge in [-0.2, -0.15) is 0 Å². The highest BCUT2D eigenvalue weighted by molar-refractivity contribution is 6.05. The van der Waals surface area contributed by atoms with Gasteiger partial charge in [0.15, 0.2) is 0 Å². The number of carbonyl (C=O) groups is 3. The van der Waals surface area contributed by atoms with E-state index >= 15 is 0 Å². The van der Waals surface area contributed by atoms with Crippen LogP contribution in [0.1, 0.15) is 35.7 Å². The highest BCUT2D eigenvalue weighted by Crippen LogP contribution is 2.17. The second-order valence-corrected chi connectivity index (χ2v) is 6.50. The van der Waals surface area contributed by atoms with Crippen LogP contribution < -0.4 is 11.1 Å². The number of hydrogen-bond acceptors (Lipinski definition) is 6. The Balaban J connectivity index is 1.73. The number of nitrogens with one attached hydrogen (secondary N) is 2. The molecule has 0 unspecified atom stereocenters. The molecule has 1 heterocycles. The predicted octanol–water partition coefficient (Wildman–Crippen LogP) is 1.11. The normalized spacial score (nSPS) is 14.4. The maximum atomic E-state index is 12.3. The number of amidine groups is 1. The second kappa shape index (κ2) is 10.4. The van der Waals surface area contributed by atoms with Crippen molar-refractivity contribution in [1.29, 1.82) is 5.41 Å². The van der Waals surface area contributed by atoms with Crippen molar-refractivity contribution in [3.05, 3.63) is 35.4 Å². The van der Waals surface area contributed by atoms with Gasteiger partial charge in [0.25, 0.3) is 5.91 Å². The summed E-state index contributed by atoms with van der Waals surface area (Å²) in [7, 11) is 0. The molecule has 1 aliphatic rings. The van der Waals surface area contributed by atoms with Gasteiger partial charge in [-0.3, -0.25) is 15.5 Å². The number of esters is 1. The fraction of sp³-hybridized carbons (Fsp3) is 0.474. The average Bonchev–Trinajstić information content (AvgIpc) is 2.68. The SMILES string of the molecule is CCOC(=O)COCC1CCN(C(=O)NC(=O)c2ccc(C(=N)N)cc2)CC1. The van der Waals surface area contributed by atoms with Gasteiger partial charge in [0.1, 0.15) is 12.4 Å². The van der Waals surface area contributed by atoms with E-state index in [1.165, 1.54) is 12.1 Å². The number of rotatable bonds is 7. The zero-order valence-corrected chi connectivity index (χ0v) is 15.9. The lowest BCUT2D eigenvalue weighted by Gasteiger charge is -2.31. The van der Waals surface area contributed by atoms with E-state index < -0.39 is 11.9 Å². The van der Waals surface area contributed by atoms with E-state index in [-0.39, 0.29) is 24.3 Å². The van der Waals surface area contributed by atoms with Gasteiger partial charge in [-0.25, -0.2) is 9.59 Å². The van der Waals surface area contributed by atoms with Crippen LogP contribution in [0.25, 0.3) is 0 Å². The molecule has 1 aliphatic heterocycles. The topological polar surface area (TPSA) is 135 Å². The van der Waals surface area contributed by atoms with E-state index in [0.29, 0.717) is 37.4 Å². The largest absolute Gasteiger partial charge is 0.464 e. The van der Waals surface area contributed by atoms with Crippen LogP contribution in [0.4, 0.5) is 4.79 Å². The number of piperidine rings is 1. The molecular weight excluding hydrogens is 364 g/mol. The van der Waals surface area contributed by atoms with Crippen LogP contribution in [0.3, 0.4) is 0 Å². The molecule has 0 spiro atoms. The molecule has 0 radical (unpaired) electrons. The van der Waals surface area contributed by atoms with Crippen molar-refractivity contribution in [2.24, 2.45) is 11.7 Å². The third-order valence-corrected chi connectivity index (χ3v) is 4.46. The maximum absolute atomic E-state index is 12.3. The highest BCUT2D eigenvalue weighted by Gasteiger charge is 2.24. The van der Waals surface area contributed by atoms with Crippen LogP contribution in [-0.2, 0) is 14.3 Å². The number of amides is 3. The zero-order chi connectivity index (χ0) is 20.5. The Kier molecular flexibility index (Phi) is 7.94. The minimum atomic E-state index is -0.500. The predicted molar refractivity (Wildman–Crippen MR) is 102 cm³/mol. The van der Waals surface area contributed by atoms with E-state index in [4.69, 9.17) is 20.6 Å². The molecule has 1 fully saturated rings. The number of ether oxygens (including phenoxy) is 2. The first kappa shape index (κ1) is 21.4. The van der Waals surface area contributed by atoms with Gasteiger partial charge < -0.3 is 20.1 Å². The van der Waals surface area contributed by atoms with Gasteiger partial charge in [-0.05, 0) is 37.8 Å². The standard InChI is InChI=1S/C19H26N4O5/c1-2-28-16(24)12-27-11-13-7-9-23(10-8-13)19(26)22-18(25)15-5-3-14(4-6-15)17(20)21/h3-6,13H,2,7-12H2,1H3,(H3,20,21)(H,22,25,26). The molecule has 0 saturated carbocycles. The van der Waals surface area contributed by atoms with Crippen molar-refractivity contribution in [3.8, 4) is 0 Å². The Morgan fingerprint density at radius 2 is 1.79 bits per heavy atom. The minimum Gasteiger partial charge on any atom is -0.464 e. The van der Waals surface area contributed by atoms with E-state index in [1.807, 2.05) is 0 Å². The Labute approximate surface area is 163 Å². The lowest BCUT2D eigenvalue weighted by molar-refractivity contribution is -0.149. The lowest BCUT2D eigenvalue weighted by atomic mass is 9.98. The number of benzene rings is 1. The molecule has 1 aromatic rings. The Morgan fingerprint density at radius 3 is 2.36 bits per heavy atom. The third kappa shape index (κ3) is 6.34. The van der Waals surface area contributed by atoms with Gasteiger partial charge in [0, 0.05) is 24.2 Å². The summed E-state index contributed by atoms with van der Waals surface area (Å²) in [6, 6.07) is 5.72. The molecule has 9 nitrogen and oxygen atoms in total. The molecule has 152 valence electrons. The number of imide groups is 1. The van der Waals surface area contributed by atoms with Crippen molar-refractivity contribution < 1.29 is 23.9 Å². The van der Waals surface area contributed by atoms with Crippen LogP contribution in [0.15, 0.2) is 24.3 Å². The molecule has 0 aromatic heterocycles. The van der Waals surface area contributed by atoms with E-state index in [2.05, 4.69) is 5.32 Å². The Morgan fingerprint density at radius 1 is 1.18 bits per heavy atom. The smallest absolute Gasteiger partial charge is 0.332 e. The maximum Gasteiger partial charge on any atom is 0.332 e. The summed E-state index contributed by atoms with van der Waals surface area (Å²) in [6.45, 7) is 3.46. The zero-order valence-electron chi connectivity index (χ0n) is 15.9. The number of likely N-dealkylation sites (tertiary alicyclic amines) is 1. The van der Waals surface area contributed by atoms with Gasteiger partial charge >= 0.3 is 12.0 Å². The fourth-order valence-corrected chi connectivity index (χ4v) is 2.86. The van der Waals surface area contributed by atoms with Gasteiger partial charge in [-0.15, -0.1) is 0 Å². The number of nitrogens with zero attached hydrogens (tertiary/aromatic N) is 1. The molecule has 9 heteroatoms. The first-order chi connectivity index (χ1) is 13.4. The van der Waals surface area contributed by atoms with Crippen molar-refractivity contribution in [1.82, 2.24) is 10.2 Å². The quantitative estimate of drug-likeness (QED) is 0.363. The van der Waals surface area contributed by atoms with Crippen molar-refractivity contribution >= 4 is 23.7 Å². The van der Waals surface area contributed by atoms with Gasteiger partial charge in [0.05, 0.1) is 13.2 Å².